The summed E-state index contributed by atoms with van der Waals surface area (Å²) in [5.41, 5.74) is 0. The van der Waals surface area contributed by atoms with E-state index in [0.29, 0.717) is 0 Å². The number of hydrogen-bond acceptors (Lipinski definition) is 1. The molecule has 0 aromatic heterocycles. The normalized spacial score (nSPS) is 35.9. The maximum atomic E-state index is 3.89. The van der Waals surface area contributed by atoms with Crippen LogP contribution in [-0.2, 0) is 0 Å². The van der Waals surface area contributed by atoms with E-state index in [1.807, 2.05) is 0 Å². The van der Waals surface area contributed by atoms with E-state index in [-0.39, 0.29) is 0 Å². The lowest BCUT2D eigenvalue weighted by atomic mass is 9.97. The minimum atomic E-state index is 0.771. The van der Waals surface area contributed by atoms with E-state index >= 15 is 0 Å². The molecular formula is C15H27N. The van der Waals surface area contributed by atoms with Gasteiger partial charge in [-0.2, -0.15) is 0 Å². The van der Waals surface area contributed by atoms with E-state index in [0.717, 1.165) is 18.0 Å². The Morgan fingerprint density at radius 1 is 1.00 bits per heavy atom. The molecule has 0 amide bonds. The van der Waals surface area contributed by atoms with Gasteiger partial charge in [-0.15, -0.1) is 0 Å². The molecule has 2 aliphatic carbocycles. The lowest BCUT2D eigenvalue weighted by Gasteiger charge is -2.25. The molecule has 2 rings (SSSR count). The van der Waals surface area contributed by atoms with Crippen LogP contribution in [0, 0.1) is 5.92 Å². The third kappa shape index (κ3) is 3.62. The van der Waals surface area contributed by atoms with Crippen molar-refractivity contribution in [2.24, 2.45) is 5.92 Å². The highest BCUT2D eigenvalue weighted by Gasteiger charge is 2.20. The molecule has 2 aliphatic rings. The predicted octanol–water partition coefficient (Wildman–Crippen LogP) is 4.04. The molecule has 1 heteroatoms. The molecule has 1 saturated carbocycles. The standard InChI is InChI=1S/C15H27N/c1-2-13-7-6-10-15(12-11-13)16-14-8-4-3-5-9-14/h3-4,13-16H,2,5-12H2,1H3. The van der Waals surface area contributed by atoms with Crippen LogP contribution < -0.4 is 5.32 Å². The van der Waals surface area contributed by atoms with Gasteiger partial charge in [0, 0.05) is 12.1 Å². The first kappa shape index (κ1) is 12.2. The molecule has 1 fully saturated rings. The Kier molecular flexibility index (Phi) is 4.90. The summed E-state index contributed by atoms with van der Waals surface area (Å²) in [6.07, 6.45) is 17.2. The molecule has 0 spiro atoms. The summed E-state index contributed by atoms with van der Waals surface area (Å²) < 4.78 is 0. The van der Waals surface area contributed by atoms with Crippen LogP contribution in [0.3, 0.4) is 0 Å². The first-order valence-electron chi connectivity index (χ1n) is 7.29. The first-order valence-corrected chi connectivity index (χ1v) is 7.29. The number of allylic oxidation sites excluding steroid dienone is 1. The molecule has 3 unspecified atom stereocenters. The van der Waals surface area contributed by atoms with Crippen molar-refractivity contribution < 1.29 is 0 Å². The van der Waals surface area contributed by atoms with Crippen LogP contribution >= 0.6 is 0 Å². The summed E-state index contributed by atoms with van der Waals surface area (Å²) in [5.74, 6) is 1.01. The average Bonchev–Trinajstić information content (AvgIpc) is 2.56. The van der Waals surface area contributed by atoms with Gasteiger partial charge in [0.15, 0.2) is 0 Å². The van der Waals surface area contributed by atoms with Gasteiger partial charge < -0.3 is 5.32 Å². The number of hydrogen-bond donors (Lipinski definition) is 1. The van der Waals surface area contributed by atoms with Crippen LogP contribution in [0.4, 0.5) is 0 Å². The third-order valence-electron chi connectivity index (χ3n) is 4.41. The van der Waals surface area contributed by atoms with Crippen molar-refractivity contribution in [3.8, 4) is 0 Å². The van der Waals surface area contributed by atoms with Crippen molar-refractivity contribution >= 4 is 0 Å². The molecule has 92 valence electrons. The van der Waals surface area contributed by atoms with E-state index in [1.165, 1.54) is 57.8 Å². The summed E-state index contributed by atoms with van der Waals surface area (Å²) in [4.78, 5) is 0. The Labute approximate surface area is 101 Å². The van der Waals surface area contributed by atoms with Gasteiger partial charge in [0.2, 0.25) is 0 Å². The molecule has 0 saturated heterocycles. The van der Waals surface area contributed by atoms with Crippen LogP contribution in [0.5, 0.6) is 0 Å². The molecular weight excluding hydrogens is 194 g/mol. The number of rotatable bonds is 3. The zero-order valence-corrected chi connectivity index (χ0v) is 10.8. The summed E-state index contributed by atoms with van der Waals surface area (Å²) in [6.45, 7) is 2.35. The van der Waals surface area contributed by atoms with Crippen molar-refractivity contribution in [1.82, 2.24) is 5.32 Å². The number of nitrogens with one attached hydrogen (secondary N) is 1. The molecule has 3 atom stereocenters. The Balaban J connectivity index is 1.74. The zero-order valence-electron chi connectivity index (χ0n) is 10.8. The van der Waals surface area contributed by atoms with Gasteiger partial charge in [0.1, 0.15) is 0 Å². The van der Waals surface area contributed by atoms with E-state index in [1.54, 1.807) is 0 Å². The van der Waals surface area contributed by atoms with Crippen molar-refractivity contribution in [2.75, 3.05) is 0 Å². The highest BCUT2D eigenvalue weighted by Crippen LogP contribution is 2.26. The molecule has 0 radical (unpaired) electrons. The van der Waals surface area contributed by atoms with Crippen LogP contribution in [0.25, 0.3) is 0 Å². The fourth-order valence-electron chi connectivity index (χ4n) is 3.23. The highest BCUT2D eigenvalue weighted by molar-refractivity contribution is 4.94. The lowest BCUT2D eigenvalue weighted by Crippen LogP contribution is -2.38. The Hall–Kier alpha value is -0.300. The SMILES string of the molecule is CCC1CCCC(NC2CC=CCC2)CC1. The second-order valence-corrected chi connectivity index (χ2v) is 5.63. The molecule has 0 heterocycles. The van der Waals surface area contributed by atoms with Crippen LogP contribution in [0.2, 0.25) is 0 Å². The molecule has 1 nitrogen and oxygen atoms in total. The topological polar surface area (TPSA) is 12.0 Å². The van der Waals surface area contributed by atoms with Crippen molar-refractivity contribution in [3.63, 3.8) is 0 Å². The van der Waals surface area contributed by atoms with Crippen LogP contribution in [-0.4, -0.2) is 12.1 Å². The zero-order chi connectivity index (χ0) is 11.2. The van der Waals surface area contributed by atoms with Gasteiger partial charge in [0.05, 0.1) is 0 Å². The lowest BCUT2D eigenvalue weighted by molar-refractivity contribution is 0.368. The van der Waals surface area contributed by atoms with Gasteiger partial charge in [-0.25, -0.2) is 0 Å². The van der Waals surface area contributed by atoms with Crippen molar-refractivity contribution in [2.45, 2.75) is 76.8 Å². The Bertz CT molecular complexity index is 221. The third-order valence-corrected chi connectivity index (χ3v) is 4.41. The van der Waals surface area contributed by atoms with Crippen LogP contribution in [0.15, 0.2) is 12.2 Å². The maximum Gasteiger partial charge on any atom is 0.0107 e. The van der Waals surface area contributed by atoms with Gasteiger partial charge in [-0.05, 0) is 44.4 Å². The Morgan fingerprint density at radius 2 is 1.94 bits per heavy atom. The van der Waals surface area contributed by atoms with Crippen molar-refractivity contribution in [3.05, 3.63) is 12.2 Å². The molecule has 0 aromatic carbocycles. The molecule has 0 bridgehead atoms. The van der Waals surface area contributed by atoms with E-state index in [4.69, 9.17) is 0 Å². The van der Waals surface area contributed by atoms with E-state index in [9.17, 15) is 0 Å². The summed E-state index contributed by atoms with van der Waals surface area (Å²) >= 11 is 0. The quantitative estimate of drug-likeness (QED) is 0.560. The van der Waals surface area contributed by atoms with Gasteiger partial charge in [-0.1, -0.05) is 38.3 Å². The van der Waals surface area contributed by atoms with E-state index in [2.05, 4.69) is 24.4 Å². The molecule has 0 aliphatic heterocycles. The minimum Gasteiger partial charge on any atom is -0.311 e. The maximum absolute atomic E-state index is 3.89. The summed E-state index contributed by atoms with van der Waals surface area (Å²) in [7, 11) is 0. The monoisotopic (exact) mass is 221 g/mol. The fourth-order valence-corrected chi connectivity index (χ4v) is 3.23. The highest BCUT2D eigenvalue weighted by atomic mass is 14.9. The largest absolute Gasteiger partial charge is 0.311 e. The molecule has 16 heavy (non-hydrogen) atoms. The second-order valence-electron chi connectivity index (χ2n) is 5.63. The van der Waals surface area contributed by atoms with Crippen molar-refractivity contribution in [1.29, 1.82) is 0 Å². The minimum absolute atomic E-state index is 0.771. The summed E-state index contributed by atoms with van der Waals surface area (Å²) in [5, 5.41) is 3.89. The molecule has 1 N–H and O–H groups in total. The van der Waals surface area contributed by atoms with Crippen LogP contribution in [0.1, 0.15) is 64.7 Å². The van der Waals surface area contributed by atoms with Gasteiger partial charge in [-0.3, -0.25) is 0 Å². The van der Waals surface area contributed by atoms with Gasteiger partial charge in [0.25, 0.3) is 0 Å². The van der Waals surface area contributed by atoms with Gasteiger partial charge >= 0.3 is 0 Å². The fraction of sp³-hybridized carbons (Fsp3) is 0.867. The smallest absolute Gasteiger partial charge is 0.0107 e. The second kappa shape index (κ2) is 6.44. The van der Waals surface area contributed by atoms with E-state index < -0.39 is 0 Å². The first-order chi connectivity index (χ1) is 7.88. The predicted molar refractivity (Wildman–Crippen MR) is 70.6 cm³/mol. The summed E-state index contributed by atoms with van der Waals surface area (Å²) in [6, 6.07) is 1.58. The average molecular weight is 221 g/mol. The molecule has 0 aromatic rings. The Morgan fingerprint density at radius 3 is 2.69 bits per heavy atom.